The Kier molecular flexibility index (Phi) is 5.57. The Bertz CT molecular complexity index is 2070. The average Bonchev–Trinajstić information content (AvgIpc) is 3.48. The second kappa shape index (κ2) is 9.06. The first-order valence-corrected chi connectivity index (χ1v) is 14.2. The van der Waals surface area contributed by atoms with Gasteiger partial charge in [-0.15, -0.1) is 0 Å². The topological polar surface area (TPSA) is 34.8 Å². The average molecular weight is 525 g/mol. The van der Waals surface area contributed by atoms with Crippen LogP contribution in [0.25, 0.3) is 61.0 Å². The minimum Gasteiger partial charge on any atom is -0.453 e. The summed E-state index contributed by atoms with van der Waals surface area (Å²) >= 11 is 0. The molecule has 4 heteroatoms. The van der Waals surface area contributed by atoms with Gasteiger partial charge in [0.15, 0.2) is 22.2 Å². The minimum absolute atomic E-state index is 0.369. The number of nitrogens with zero attached hydrogens (tertiary/aromatic N) is 3. The SMILES string of the molecule is Cc1ccc2c(oc3c2ccc2cccnc23)c1-c1n(-c2c(C(C)C)cccc2C(C)C)c2ccccc2[n+]1C. The first-order valence-electron chi connectivity index (χ1n) is 14.2. The van der Waals surface area contributed by atoms with Crippen LogP contribution in [0, 0.1) is 6.92 Å². The predicted octanol–water partition coefficient (Wildman–Crippen LogP) is 9.12. The second-order valence-electron chi connectivity index (χ2n) is 11.6. The third-order valence-corrected chi connectivity index (χ3v) is 8.39. The molecular weight excluding hydrogens is 490 g/mol. The summed E-state index contributed by atoms with van der Waals surface area (Å²) in [6.07, 6.45) is 1.84. The van der Waals surface area contributed by atoms with Gasteiger partial charge in [-0.05, 0) is 48.6 Å². The Hall–Kier alpha value is -4.44. The molecule has 3 aromatic heterocycles. The third-order valence-electron chi connectivity index (χ3n) is 8.39. The van der Waals surface area contributed by atoms with Gasteiger partial charge in [0.25, 0.3) is 5.82 Å². The van der Waals surface area contributed by atoms with Crippen molar-refractivity contribution in [1.29, 1.82) is 0 Å². The fraction of sp³-hybridized carbons (Fsp3) is 0.222. The number of fused-ring (bicyclic) bond motifs is 6. The zero-order valence-corrected chi connectivity index (χ0v) is 24.0. The van der Waals surface area contributed by atoms with Crippen LogP contribution in [0.1, 0.15) is 56.2 Å². The van der Waals surface area contributed by atoms with Gasteiger partial charge in [0.1, 0.15) is 16.8 Å². The van der Waals surface area contributed by atoms with Crippen molar-refractivity contribution < 1.29 is 8.98 Å². The molecule has 0 aliphatic heterocycles. The number of hydrogen-bond donors (Lipinski definition) is 0. The molecule has 0 saturated carbocycles. The van der Waals surface area contributed by atoms with Gasteiger partial charge in [-0.1, -0.05) is 82.3 Å². The van der Waals surface area contributed by atoms with Crippen LogP contribution in [0.4, 0.5) is 0 Å². The molecular formula is C36H34N3O+. The number of rotatable bonds is 4. The summed E-state index contributed by atoms with van der Waals surface area (Å²) in [5.74, 6) is 1.86. The maximum absolute atomic E-state index is 6.84. The van der Waals surface area contributed by atoms with Gasteiger partial charge in [-0.25, -0.2) is 4.57 Å². The molecule has 4 nitrogen and oxygen atoms in total. The van der Waals surface area contributed by atoms with E-state index in [4.69, 9.17) is 9.40 Å². The van der Waals surface area contributed by atoms with Crippen LogP contribution >= 0.6 is 0 Å². The Balaban J connectivity index is 1.68. The number of benzene rings is 4. The summed E-state index contributed by atoms with van der Waals surface area (Å²) < 4.78 is 11.7. The van der Waals surface area contributed by atoms with Crippen LogP contribution < -0.4 is 4.57 Å². The van der Waals surface area contributed by atoms with Crippen LogP contribution in [0.3, 0.4) is 0 Å². The quantitative estimate of drug-likeness (QED) is 0.215. The zero-order chi connectivity index (χ0) is 27.7. The lowest BCUT2D eigenvalue weighted by molar-refractivity contribution is -0.633. The van der Waals surface area contributed by atoms with Crippen LogP contribution in [-0.2, 0) is 7.05 Å². The van der Waals surface area contributed by atoms with Crippen LogP contribution in [0.15, 0.2) is 89.5 Å². The number of aromatic nitrogens is 3. The monoisotopic (exact) mass is 524 g/mol. The molecule has 0 spiro atoms. The van der Waals surface area contributed by atoms with Crippen LogP contribution in [0.2, 0.25) is 0 Å². The molecule has 0 aliphatic rings. The van der Waals surface area contributed by atoms with E-state index in [9.17, 15) is 0 Å². The molecule has 0 N–H and O–H groups in total. The fourth-order valence-corrected chi connectivity index (χ4v) is 6.40. The van der Waals surface area contributed by atoms with Crippen molar-refractivity contribution in [2.24, 2.45) is 7.05 Å². The number of furan rings is 1. The van der Waals surface area contributed by atoms with E-state index < -0.39 is 0 Å². The van der Waals surface area contributed by atoms with Gasteiger partial charge in [0.2, 0.25) is 0 Å². The molecule has 7 rings (SSSR count). The molecule has 40 heavy (non-hydrogen) atoms. The van der Waals surface area contributed by atoms with Crippen LogP contribution in [0.5, 0.6) is 0 Å². The van der Waals surface area contributed by atoms with E-state index in [1.807, 2.05) is 12.3 Å². The highest BCUT2D eigenvalue weighted by molar-refractivity contribution is 6.16. The van der Waals surface area contributed by atoms with Gasteiger partial charge >= 0.3 is 0 Å². The van der Waals surface area contributed by atoms with Crippen molar-refractivity contribution in [2.75, 3.05) is 0 Å². The molecule has 0 radical (unpaired) electrons. The number of para-hydroxylation sites is 3. The molecule has 0 saturated heterocycles. The first kappa shape index (κ1) is 24.6. The van der Waals surface area contributed by atoms with E-state index >= 15 is 0 Å². The molecule has 0 atom stereocenters. The van der Waals surface area contributed by atoms with Crippen molar-refractivity contribution >= 4 is 43.9 Å². The highest BCUT2D eigenvalue weighted by Gasteiger charge is 2.33. The maximum atomic E-state index is 6.84. The standard InChI is InChI=1S/C36H34N3O/c1-21(2)25-12-9-13-26(22(3)4)33(25)39-30-15-8-7-14-29(30)38(6)36(39)31-23(5)16-18-27-28-19-17-24-11-10-20-37-32(24)35(28)40-34(27)31/h7-22H,1-6H3/q+1. The van der Waals surface area contributed by atoms with Gasteiger partial charge in [0, 0.05) is 33.5 Å². The van der Waals surface area contributed by atoms with Gasteiger partial charge < -0.3 is 4.42 Å². The number of imidazole rings is 1. The van der Waals surface area contributed by atoms with E-state index in [0.717, 1.165) is 44.2 Å². The van der Waals surface area contributed by atoms with Gasteiger partial charge in [0.05, 0.1) is 7.05 Å². The number of hydrogen-bond acceptors (Lipinski definition) is 2. The molecule has 198 valence electrons. The normalized spacial score (nSPS) is 12.2. The Morgan fingerprint density at radius 1 is 0.750 bits per heavy atom. The molecule has 0 amide bonds. The van der Waals surface area contributed by atoms with Gasteiger partial charge in [-0.3, -0.25) is 4.98 Å². The molecule has 4 aromatic carbocycles. The summed E-state index contributed by atoms with van der Waals surface area (Å²) in [6, 6.07) is 28.3. The van der Waals surface area contributed by atoms with E-state index in [-0.39, 0.29) is 0 Å². The van der Waals surface area contributed by atoms with Crippen molar-refractivity contribution in [1.82, 2.24) is 9.55 Å². The lowest BCUT2D eigenvalue weighted by atomic mass is 9.92. The minimum atomic E-state index is 0.369. The van der Waals surface area contributed by atoms with Crippen molar-refractivity contribution in [2.45, 2.75) is 46.5 Å². The first-order chi connectivity index (χ1) is 19.4. The molecule has 0 fully saturated rings. The van der Waals surface area contributed by atoms with Crippen LogP contribution in [-0.4, -0.2) is 9.55 Å². The van der Waals surface area contributed by atoms with Crippen molar-refractivity contribution in [3.8, 4) is 17.1 Å². The van der Waals surface area contributed by atoms with Crippen molar-refractivity contribution in [3.63, 3.8) is 0 Å². The Labute approximate surface area is 234 Å². The summed E-state index contributed by atoms with van der Waals surface area (Å²) in [4.78, 5) is 4.70. The zero-order valence-electron chi connectivity index (χ0n) is 24.0. The molecule has 0 aliphatic carbocycles. The highest BCUT2D eigenvalue weighted by Crippen LogP contribution is 2.42. The number of aryl methyl sites for hydroxylation is 2. The lowest BCUT2D eigenvalue weighted by Crippen LogP contribution is -2.30. The van der Waals surface area contributed by atoms with Gasteiger partial charge in [-0.2, -0.15) is 4.57 Å². The highest BCUT2D eigenvalue weighted by atomic mass is 16.3. The lowest BCUT2D eigenvalue weighted by Gasteiger charge is -2.18. The smallest absolute Gasteiger partial charge is 0.299 e. The number of pyridine rings is 1. The fourth-order valence-electron chi connectivity index (χ4n) is 6.40. The van der Waals surface area contributed by atoms with E-state index in [1.54, 1.807) is 0 Å². The molecule has 0 bridgehead atoms. The maximum Gasteiger partial charge on any atom is 0.299 e. The second-order valence-corrected chi connectivity index (χ2v) is 11.6. The summed E-state index contributed by atoms with van der Waals surface area (Å²) in [7, 11) is 2.18. The molecule has 7 aromatic rings. The van der Waals surface area contributed by atoms with E-state index in [2.05, 4.69) is 124 Å². The van der Waals surface area contributed by atoms with Crippen molar-refractivity contribution in [3.05, 3.63) is 102 Å². The van der Waals surface area contributed by atoms with E-state index in [0.29, 0.717) is 11.8 Å². The summed E-state index contributed by atoms with van der Waals surface area (Å²) in [5.41, 5.74) is 11.3. The third kappa shape index (κ3) is 3.45. The largest absolute Gasteiger partial charge is 0.453 e. The predicted molar refractivity (Wildman–Crippen MR) is 165 cm³/mol. The summed E-state index contributed by atoms with van der Waals surface area (Å²) in [5, 5.41) is 3.29. The van der Waals surface area contributed by atoms with E-state index in [1.165, 1.54) is 33.4 Å². The Morgan fingerprint density at radius 3 is 2.20 bits per heavy atom. The Morgan fingerprint density at radius 2 is 1.45 bits per heavy atom. The summed E-state index contributed by atoms with van der Waals surface area (Å²) in [6.45, 7) is 11.3. The molecule has 3 heterocycles. The molecule has 0 unspecified atom stereocenters.